The summed E-state index contributed by atoms with van der Waals surface area (Å²) in [5.41, 5.74) is 15.1. The van der Waals surface area contributed by atoms with E-state index in [2.05, 4.69) is 5.32 Å². The van der Waals surface area contributed by atoms with Crippen molar-refractivity contribution in [3.63, 3.8) is 0 Å². The fraction of sp³-hybridized carbons (Fsp3) is 0.246. The van der Waals surface area contributed by atoms with Gasteiger partial charge in [-0.05, 0) is 150 Å². The maximum absolute atomic E-state index is 13.7. The number of nitrogens with zero attached hydrogens (tertiary/aromatic N) is 1. The van der Waals surface area contributed by atoms with Gasteiger partial charge in [-0.1, -0.05) is 63.4 Å². The second-order valence-corrected chi connectivity index (χ2v) is 17.4. The predicted octanol–water partition coefficient (Wildman–Crippen LogP) is 10.7. The second-order valence-electron chi connectivity index (χ2n) is 17.4. The lowest BCUT2D eigenvalue weighted by Crippen LogP contribution is -2.36. The molecule has 0 bridgehead atoms. The lowest BCUT2D eigenvalue weighted by atomic mass is 9.99. The molecule has 0 spiro atoms. The van der Waals surface area contributed by atoms with Crippen molar-refractivity contribution in [2.24, 2.45) is 11.5 Å². The fourth-order valence-corrected chi connectivity index (χ4v) is 8.00. The largest absolute Gasteiger partial charge is 0.497 e. The SMILES string of the molecule is C.C.COc1cc(/C=C(/C(=O)N2CCCCC2)c2ccc(Oc3ccc(CCC(=O)NC(N)=O)cc3)cc2)cc(OC)c1.COc1cc(/C=C(/C(=O)O)c2ccc(Oc3ccc(CCC(=O)NC(N)=O)cc3)cc2)cc(OC)c1. The number of carboxylic acid groups (broad SMARTS) is 1. The molecular formula is C61H69N5O13. The summed E-state index contributed by atoms with van der Waals surface area (Å²) in [5, 5.41) is 13.9. The Hall–Kier alpha value is -9.58. The van der Waals surface area contributed by atoms with Crippen LogP contribution >= 0.6 is 0 Å². The van der Waals surface area contributed by atoms with Crippen molar-refractivity contribution >= 4 is 59.1 Å². The number of methoxy groups -OCH3 is 4. The van der Waals surface area contributed by atoms with Gasteiger partial charge in [0.25, 0.3) is 5.91 Å². The van der Waals surface area contributed by atoms with Crippen molar-refractivity contribution in [2.75, 3.05) is 41.5 Å². The van der Waals surface area contributed by atoms with E-state index in [0.717, 1.165) is 54.6 Å². The lowest BCUT2D eigenvalue weighted by Gasteiger charge is -2.28. The smallest absolute Gasteiger partial charge is 0.336 e. The van der Waals surface area contributed by atoms with E-state index >= 15 is 0 Å². The van der Waals surface area contributed by atoms with Gasteiger partial charge in [0, 0.05) is 43.6 Å². The van der Waals surface area contributed by atoms with Gasteiger partial charge in [-0.25, -0.2) is 14.4 Å². The van der Waals surface area contributed by atoms with Gasteiger partial charge in [-0.3, -0.25) is 25.0 Å². The standard InChI is InChI=1S/C32H35N3O6.C27H26N2O7.2CH4/c1-39-27-18-23(19-28(21-27)40-2)20-29(31(37)35-16-4-3-5-17-35)24-9-13-26(14-10-24)41-25-11-6-22(7-12-25)8-15-30(36)34-32(33)38;1-34-22-13-18(14-23(16-22)35-2)15-24(26(31)32)19-6-10-21(11-7-19)36-20-8-3-17(4-9-20)5-12-25(30)29-27(28)33;;/h6-7,9-14,18-21H,3-5,8,15-17H2,1-2H3,(H3,33,34,36,38);3-4,6-11,13-16H,5,12H2,1-2H3,(H,31,32)(H3,28,29,30,33);2*1H4/b29-20+;24-15+;;. The first-order chi connectivity index (χ1) is 37.1. The summed E-state index contributed by atoms with van der Waals surface area (Å²) < 4.78 is 33.2. The molecular weight excluding hydrogens is 1010 g/mol. The van der Waals surface area contributed by atoms with Gasteiger partial charge in [-0.2, -0.15) is 0 Å². The number of hydrogen-bond acceptors (Lipinski definition) is 12. The van der Waals surface area contributed by atoms with Gasteiger partial charge in [-0.15, -0.1) is 0 Å². The molecule has 1 fully saturated rings. The minimum atomic E-state index is -1.08. The Balaban J connectivity index is 0.000000335. The third-order valence-corrected chi connectivity index (χ3v) is 11.9. The average Bonchev–Trinajstić information content (AvgIpc) is 3.44. The first-order valence-corrected chi connectivity index (χ1v) is 24.5. The van der Waals surface area contributed by atoms with E-state index in [0.29, 0.717) is 75.5 Å². The number of rotatable bonds is 20. The van der Waals surface area contributed by atoms with Crippen LogP contribution in [0.2, 0.25) is 0 Å². The molecule has 416 valence electrons. The Morgan fingerprint density at radius 2 is 0.810 bits per heavy atom. The van der Waals surface area contributed by atoms with Crippen LogP contribution in [0.15, 0.2) is 133 Å². The van der Waals surface area contributed by atoms with Gasteiger partial charge in [0.1, 0.15) is 46.0 Å². The van der Waals surface area contributed by atoms with E-state index in [1.165, 1.54) is 14.2 Å². The summed E-state index contributed by atoms with van der Waals surface area (Å²) in [5.74, 6) is 2.79. The van der Waals surface area contributed by atoms with Crippen LogP contribution in [-0.4, -0.2) is 87.3 Å². The molecule has 0 unspecified atom stereocenters. The highest BCUT2D eigenvalue weighted by molar-refractivity contribution is 6.24. The first kappa shape index (κ1) is 62.0. The summed E-state index contributed by atoms with van der Waals surface area (Å²) in [6.45, 7) is 1.48. The van der Waals surface area contributed by atoms with Gasteiger partial charge < -0.3 is 49.9 Å². The molecule has 79 heavy (non-hydrogen) atoms. The number of nitrogens with one attached hydrogen (secondary N) is 2. The van der Waals surface area contributed by atoms with Crippen LogP contribution in [-0.2, 0) is 32.0 Å². The number of piperidine rings is 1. The summed E-state index contributed by atoms with van der Waals surface area (Å²) >= 11 is 0. The van der Waals surface area contributed by atoms with Crippen LogP contribution in [0.1, 0.15) is 80.3 Å². The van der Waals surface area contributed by atoms with Crippen LogP contribution in [0.4, 0.5) is 9.59 Å². The molecule has 0 radical (unpaired) electrons. The minimum absolute atomic E-state index is 0. The molecule has 0 saturated carbocycles. The van der Waals surface area contributed by atoms with Crippen LogP contribution in [0.3, 0.4) is 0 Å². The Labute approximate surface area is 460 Å². The van der Waals surface area contributed by atoms with Crippen LogP contribution < -0.4 is 50.5 Å². The number of aryl methyl sites for hydroxylation is 2. The third kappa shape index (κ3) is 19.5. The van der Waals surface area contributed by atoms with Crippen LogP contribution in [0, 0.1) is 0 Å². The molecule has 1 aliphatic rings. The first-order valence-electron chi connectivity index (χ1n) is 24.5. The lowest BCUT2D eigenvalue weighted by molar-refractivity contribution is -0.130. The Morgan fingerprint density at radius 1 is 0.481 bits per heavy atom. The van der Waals surface area contributed by atoms with Crippen LogP contribution in [0.5, 0.6) is 46.0 Å². The van der Waals surface area contributed by atoms with Crippen molar-refractivity contribution in [3.05, 3.63) is 167 Å². The normalized spacial score (nSPS) is 11.9. The number of nitrogens with two attached hydrogens (primary N) is 2. The third-order valence-electron chi connectivity index (χ3n) is 11.9. The number of hydrogen-bond donors (Lipinski definition) is 5. The number of likely N-dealkylation sites (tertiary alicyclic amines) is 1. The summed E-state index contributed by atoms with van der Waals surface area (Å²) in [6.07, 6.45) is 7.74. The average molecular weight is 1080 g/mol. The Kier molecular flexibility index (Phi) is 24.2. The minimum Gasteiger partial charge on any atom is -0.497 e. The molecule has 1 heterocycles. The van der Waals surface area contributed by atoms with Crippen molar-refractivity contribution in [3.8, 4) is 46.0 Å². The highest BCUT2D eigenvalue weighted by atomic mass is 16.5. The summed E-state index contributed by atoms with van der Waals surface area (Å²) in [4.78, 5) is 72.2. The molecule has 18 nitrogen and oxygen atoms in total. The number of carbonyl (C=O) groups is 6. The molecule has 0 aliphatic carbocycles. The number of imide groups is 2. The van der Waals surface area contributed by atoms with Crippen molar-refractivity contribution in [1.82, 2.24) is 15.5 Å². The number of primary amides is 2. The van der Waals surface area contributed by atoms with E-state index < -0.39 is 29.8 Å². The number of ether oxygens (including phenoxy) is 6. The van der Waals surface area contributed by atoms with Gasteiger partial charge in [0.2, 0.25) is 11.8 Å². The molecule has 18 heteroatoms. The molecule has 6 aromatic rings. The van der Waals surface area contributed by atoms with E-state index in [1.807, 2.05) is 89.1 Å². The monoisotopic (exact) mass is 1080 g/mol. The van der Waals surface area contributed by atoms with Crippen molar-refractivity contribution < 1.29 is 62.3 Å². The number of urea groups is 2. The zero-order valence-corrected chi connectivity index (χ0v) is 43.2. The quantitative estimate of drug-likeness (QED) is 0.0352. The number of aliphatic carboxylic acids is 1. The van der Waals surface area contributed by atoms with Crippen molar-refractivity contribution in [2.45, 2.75) is 59.8 Å². The summed E-state index contributed by atoms with van der Waals surface area (Å²) in [7, 11) is 6.24. The van der Waals surface area contributed by atoms with E-state index in [-0.39, 0.29) is 39.2 Å². The Bertz CT molecular complexity index is 3030. The number of amides is 7. The van der Waals surface area contributed by atoms with Gasteiger partial charge in [0.15, 0.2) is 0 Å². The van der Waals surface area contributed by atoms with Gasteiger partial charge >= 0.3 is 18.0 Å². The second kappa shape index (κ2) is 30.8. The van der Waals surface area contributed by atoms with Gasteiger partial charge in [0.05, 0.1) is 34.0 Å². The maximum atomic E-state index is 13.7. The maximum Gasteiger partial charge on any atom is 0.336 e. The molecule has 7 rings (SSSR count). The molecule has 0 aromatic heterocycles. The zero-order valence-electron chi connectivity index (χ0n) is 43.2. The van der Waals surface area contributed by atoms with E-state index in [1.54, 1.807) is 81.0 Å². The van der Waals surface area contributed by atoms with E-state index in [9.17, 15) is 33.9 Å². The molecule has 6 aromatic carbocycles. The van der Waals surface area contributed by atoms with E-state index in [4.69, 9.17) is 39.9 Å². The Morgan fingerprint density at radius 3 is 1.14 bits per heavy atom. The highest BCUT2D eigenvalue weighted by Crippen LogP contribution is 2.32. The molecule has 7 amide bonds. The zero-order chi connectivity index (χ0) is 55.3. The molecule has 0 atom stereocenters. The topological polar surface area (TPSA) is 257 Å². The molecule has 1 aliphatic heterocycles. The molecule has 1 saturated heterocycles. The summed E-state index contributed by atoms with van der Waals surface area (Å²) in [6, 6.07) is 37.6. The predicted molar refractivity (Wildman–Crippen MR) is 304 cm³/mol. The number of carbonyl (C=O) groups excluding carboxylic acids is 5. The number of carboxylic acids is 1. The number of benzene rings is 6. The highest BCUT2D eigenvalue weighted by Gasteiger charge is 2.22. The van der Waals surface area contributed by atoms with Crippen LogP contribution in [0.25, 0.3) is 23.3 Å². The van der Waals surface area contributed by atoms with Crippen molar-refractivity contribution in [1.29, 1.82) is 0 Å². The molecule has 7 N–H and O–H groups in total. The fourth-order valence-electron chi connectivity index (χ4n) is 8.00.